The molecule has 174 valence electrons. The molecule has 1 heterocycles. The monoisotopic (exact) mass is 448 g/mol. The quantitative estimate of drug-likeness (QED) is 0.319. The van der Waals surface area contributed by atoms with Crippen molar-refractivity contribution in [2.75, 3.05) is 0 Å². The number of rotatable bonds is 9. The van der Waals surface area contributed by atoms with Crippen LogP contribution in [0, 0.1) is 11.8 Å². The maximum Gasteiger partial charge on any atom is 0.338 e. The highest BCUT2D eigenvalue weighted by molar-refractivity contribution is 5.90. The van der Waals surface area contributed by atoms with Crippen molar-refractivity contribution in [3.63, 3.8) is 0 Å². The van der Waals surface area contributed by atoms with E-state index in [1.807, 2.05) is 48.5 Å². The van der Waals surface area contributed by atoms with E-state index in [9.17, 15) is 14.7 Å². The van der Waals surface area contributed by atoms with Gasteiger partial charge in [-0.1, -0.05) is 80.8 Å². The first-order valence-corrected chi connectivity index (χ1v) is 12.0. The molecule has 4 rings (SSSR count). The van der Waals surface area contributed by atoms with Gasteiger partial charge >= 0.3 is 11.9 Å². The SMILES string of the molecule is CCCCCC(O)/C=C/[C@@H]1[C@H]2CC(=O)O[C@H]2C[C@H]1OC(=O)c1ccc(-c2ccccc2)cc1. The first-order chi connectivity index (χ1) is 16.0. The minimum atomic E-state index is -0.532. The Balaban J connectivity index is 1.42. The van der Waals surface area contributed by atoms with E-state index in [4.69, 9.17) is 9.47 Å². The standard InChI is InChI=1S/C28H32O5/c1-2-3-5-10-22(29)15-16-23-24-17-27(30)32-26(24)18-25(23)33-28(31)21-13-11-20(12-14-21)19-8-6-4-7-9-19/h4,6-9,11-16,22-26,29H,2-3,5,10,17-18H2,1H3/b16-15+/t22?,23-,24-,25-,26+/m1/s1. The second-order valence-corrected chi connectivity index (χ2v) is 9.04. The Morgan fingerprint density at radius 2 is 1.85 bits per heavy atom. The normalized spacial score (nSPS) is 25.1. The van der Waals surface area contributed by atoms with E-state index < -0.39 is 6.10 Å². The molecule has 1 saturated heterocycles. The van der Waals surface area contributed by atoms with Gasteiger partial charge in [-0.15, -0.1) is 0 Å². The summed E-state index contributed by atoms with van der Waals surface area (Å²) in [6.45, 7) is 2.13. The lowest BCUT2D eigenvalue weighted by Crippen LogP contribution is -2.25. The molecule has 2 aromatic rings. The van der Waals surface area contributed by atoms with Gasteiger partial charge in [-0.05, 0) is 29.7 Å². The van der Waals surface area contributed by atoms with Crippen molar-refractivity contribution in [3.05, 3.63) is 72.3 Å². The molecule has 0 amide bonds. The topological polar surface area (TPSA) is 72.8 Å². The summed E-state index contributed by atoms with van der Waals surface area (Å²) >= 11 is 0. The van der Waals surface area contributed by atoms with Crippen LogP contribution in [-0.4, -0.2) is 35.4 Å². The van der Waals surface area contributed by atoms with Crippen molar-refractivity contribution in [1.29, 1.82) is 0 Å². The van der Waals surface area contributed by atoms with Crippen LogP contribution in [0.1, 0.15) is 55.8 Å². The number of esters is 2. The minimum absolute atomic E-state index is 0.0187. The molecule has 1 aliphatic heterocycles. The zero-order valence-electron chi connectivity index (χ0n) is 19.1. The van der Waals surface area contributed by atoms with E-state index in [1.165, 1.54) is 0 Å². The predicted octanol–water partition coefficient (Wildman–Crippen LogP) is 5.33. The third-order valence-corrected chi connectivity index (χ3v) is 6.70. The Hall–Kier alpha value is -2.92. The molecule has 5 nitrogen and oxygen atoms in total. The lowest BCUT2D eigenvalue weighted by atomic mass is 9.91. The van der Waals surface area contributed by atoms with Gasteiger partial charge in [0, 0.05) is 18.3 Å². The number of carbonyl (C=O) groups excluding carboxylic acids is 2. The third-order valence-electron chi connectivity index (χ3n) is 6.70. The fourth-order valence-electron chi connectivity index (χ4n) is 4.88. The Morgan fingerprint density at radius 3 is 2.58 bits per heavy atom. The second-order valence-electron chi connectivity index (χ2n) is 9.04. The van der Waals surface area contributed by atoms with Crippen LogP contribution in [0.5, 0.6) is 0 Å². The smallest absolute Gasteiger partial charge is 0.338 e. The molecule has 2 fully saturated rings. The highest BCUT2D eigenvalue weighted by Crippen LogP contribution is 2.43. The summed E-state index contributed by atoms with van der Waals surface area (Å²) in [7, 11) is 0. The molecule has 5 heteroatoms. The molecule has 1 aliphatic carbocycles. The summed E-state index contributed by atoms with van der Waals surface area (Å²) in [5.41, 5.74) is 2.61. The average molecular weight is 449 g/mol. The molecule has 5 atom stereocenters. The van der Waals surface area contributed by atoms with Crippen LogP contribution in [0.3, 0.4) is 0 Å². The zero-order chi connectivity index (χ0) is 23.2. The fraction of sp³-hybridized carbons (Fsp3) is 0.429. The Bertz CT molecular complexity index is 966. The molecule has 0 radical (unpaired) electrons. The van der Waals surface area contributed by atoms with Crippen LogP contribution in [0.2, 0.25) is 0 Å². The lowest BCUT2D eigenvalue weighted by molar-refractivity contribution is -0.141. The van der Waals surface area contributed by atoms with Crippen LogP contribution < -0.4 is 0 Å². The van der Waals surface area contributed by atoms with Crippen LogP contribution in [0.4, 0.5) is 0 Å². The molecule has 2 aliphatic rings. The summed E-state index contributed by atoms with van der Waals surface area (Å²) in [4.78, 5) is 24.7. The fourth-order valence-corrected chi connectivity index (χ4v) is 4.88. The van der Waals surface area contributed by atoms with Gasteiger partial charge in [0.15, 0.2) is 0 Å². The molecular weight excluding hydrogens is 416 g/mol. The molecule has 0 spiro atoms. The maximum atomic E-state index is 12.9. The molecule has 1 N–H and O–H groups in total. The highest BCUT2D eigenvalue weighted by Gasteiger charge is 2.50. The van der Waals surface area contributed by atoms with E-state index >= 15 is 0 Å². The summed E-state index contributed by atoms with van der Waals surface area (Å²) in [5.74, 6) is -0.745. The molecule has 0 bridgehead atoms. The summed E-state index contributed by atoms with van der Waals surface area (Å²) in [6, 6.07) is 17.4. The molecule has 2 aromatic carbocycles. The number of fused-ring (bicyclic) bond motifs is 1. The van der Waals surface area contributed by atoms with Crippen molar-refractivity contribution in [3.8, 4) is 11.1 Å². The number of hydrogen-bond donors (Lipinski definition) is 1. The van der Waals surface area contributed by atoms with Gasteiger partial charge in [-0.25, -0.2) is 4.79 Å². The van der Waals surface area contributed by atoms with Crippen LogP contribution in [0.25, 0.3) is 11.1 Å². The number of carbonyl (C=O) groups is 2. The Labute approximate surface area is 195 Å². The van der Waals surface area contributed by atoms with E-state index in [1.54, 1.807) is 18.2 Å². The molecule has 0 aromatic heterocycles. The third kappa shape index (κ3) is 5.72. The first-order valence-electron chi connectivity index (χ1n) is 12.0. The number of hydrogen-bond acceptors (Lipinski definition) is 5. The summed E-state index contributed by atoms with van der Waals surface area (Å²) in [5, 5.41) is 10.3. The van der Waals surface area contributed by atoms with Gasteiger partial charge in [0.25, 0.3) is 0 Å². The van der Waals surface area contributed by atoms with Crippen molar-refractivity contribution in [2.45, 2.75) is 63.8 Å². The molecule has 33 heavy (non-hydrogen) atoms. The zero-order valence-corrected chi connectivity index (χ0v) is 19.1. The number of unbranched alkanes of at least 4 members (excludes halogenated alkanes) is 2. The highest BCUT2D eigenvalue weighted by atomic mass is 16.6. The first kappa shape index (κ1) is 23.2. The maximum absolute atomic E-state index is 12.9. The van der Waals surface area contributed by atoms with Crippen LogP contribution in [0.15, 0.2) is 66.7 Å². The number of ether oxygens (including phenoxy) is 2. The van der Waals surface area contributed by atoms with Gasteiger partial charge in [-0.3, -0.25) is 4.79 Å². The average Bonchev–Trinajstić information content (AvgIpc) is 3.33. The second kappa shape index (κ2) is 10.8. The molecule has 1 unspecified atom stereocenters. The van der Waals surface area contributed by atoms with Crippen LogP contribution >= 0.6 is 0 Å². The number of benzene rings is 2. The van der Waals surface area contributed by atoms with Gasteiger partial charge in [-0.2, -0.15) is 0 Å². The van der Waals surface area contributed by atoms with E-state index in [-0.39, 0.29) is 36.0 Å². The molecular formula is C28H32O5. The number of aliphatic hydroxyl groups excluding tert-OH is 1. The number of aliphatic hydroxyl groups is 1. The van der Waals surface area contributed by atoms with E-state index in [0.717, 1.165) is 30.4 Å². The van der Waals surface area contributed by atoms with E-state index in [2.05, 4.69) is 6.92 Å². The van der Waals surface area contributed by atoms with Gasteiger partial charge in [0.05, 0.1) is 18.1 Å². The summed E-state index contributed by atoms with van der Waals surface area (Å²) in [6.07, 6.45) is 7.26. The molecule has 1 saturated carbocycles. The van der Waals surface area contributed by atoms with Crippen molar-refractivity contribution in [1.82, 2.24) is 0 Å². The van der Waals surface area contributed by atoms with Gasteiger partial charge < -0.3 is 14.6 Å². The van der Waals surface area contributed by atoms with Crippen molar-refractivity contribution in [2.24, 2.45) is 11.8 Å². The largest absolute Gasteiger partial charge is 0.462 e. The predicted molar refractivity (Wildman–Crippen MR) is 126 cm³/mol. The summed E-state index contributed by atoms with van der Waals surface area (Å²) < 4.78 is 11.4. The van der Waals surface area contributed by atoms with Crippen LogP contribution in [-0.2, 0) is 14.3 Å². The minimum Gasteiger partial charge on any atom is -0.462 e. The van der Waals surface area contributed by atoms with Gasteiger partial charge in [0.1, 0.15) is 12.2 Å². The Morgan fingerprint density at radius 1 is 1.12 bits per heavy atom. The van der Waals surface area contributed by atoms with Crippen molar-refractivity contribution >= 4 is 11.9 Å². The van der Waals surface area contributed by atoms with Gasteiger partial charge in [0.2, 0.25) is 0 Å². The lowest BCUT2D eigenvalue weighted by Gasteiger charge is -2.20. The van der Waals surface area contributed by atoms with Crippen molar-refractivity contribution < 1.29 is 24.2 Å². The van der Waals surface area contributed by atoms with E-state index in [0.29, 0.717) is 24.8 Å². The Kier molecular flexibility index (Phi) is 7.61.